The van der Waals surface area contributed by atoms with Crippen molar-refractivity contribution in [3.63, 3.8) is 0 Å². The number of carbonyl (C=O) groups excluding carboxylic acids is 4. The number of rotatable bonds is 8. The van der Waals surface area contributed by atoms with Gasteiger partial charge in [0.2, 0.25) is 11.8 Å². The van der Waals surface area contributed by atoms with Gasteiger partial charge >= 0.3 is 0 Å². The predicted molar refractivity (Wildman–Crippen MR) is 196 cm³/mol. The average Bonchev–Trinajstić information content (AvgIpc) is 3.54. The lowest BCUT2D eigenvalue weighted by molar-refractivity contribution is -0.138. The molecule has 4 aromatic carbocycles. The predicted octanol–water partition coefficient (Wildman–Crippen LogP) is 6.52. The maximum atomic E-state index is 15.4. The second-order valence-corrected chi connectivity index (χ2v) is 14.6. The lowest BCUT2D eigenvalue weighted by atomic mass is 9.49. The zero-order valence-corrected chi connectivity index (χ0v) is 29.5. The van der Waals surface area contributed by atoms with E-state index in [1.807, 2.05) is 92.7 Å². The van der Waals surface area contributed by atoms with Crippen LogP contribution < -0.4 is 15.1 Å². The summed E-state index contributed by atoms with van der Waals surface area (Å²) in [5, 5.41) is 11.3. The van der Waals surface area contributed by atoms with Gasteiger partial charge < -0.3 is 9.84 Å². The summed E-state index contributed by atoms with van der Waals surface area (Å²) >= 11 is 6.47. The monoisotopic (exact) mass is 715 g/mol. The molecule has 1 saturated carbocycles. The Hall–Kier alpha value is -5.25. The van der Waals surface area contributed by atoms with Crippen LogP contribution in [0.5, 0.6) is 5.75 Å². The largest absolute Gasteiger partial charge is 0.491 e. The number of para-hydroxylation sites is 1. The summed E-state index contributed by atoms with van der Waals surface area (Å²) in [6.07, 6.45) is 2.48. The van der Waals surface area contributed by atoms with Crippen LogP contribution in [0.2, 0.25) is 5.02 Å². The Morgan fingerprint density at radius 3 is 2.33 bits per heavy atom. The molecule has 4 amide bonds. The number of aliphatic hydroxyl groups is 1. The molecular weight excluding hydrogens is 678 g/mol. The van der Waals surface area contributed by atoms with Crippen LogP contribution in [0, 0.1) is 37.5 Å². The minimum Gasteiger partial charge on any atom is -0.491 e. The Balaban J connectivity index is 1.32. The second kappa shape index (κ2) is 13.1. The molecule has 4 aromatic rings. The summed E-state index contributed by atoms with van der Waals surface area (Å²) in [6, 6.07) is 29.4. The number of allylic oxidation sites excluding steroid dienone is 2. The molecule has 2 aliphatic heterocycles. The molecule has 0 aromatic heterocycles. The molecule has 8 rings (SSSR count). The van der Waals surface area contributed by atoms with Crippen LogP contribution in [0.15, 0.2) is 109 Å². The number of halogens is 1. The SMILES string of the molecule is Cc1ccc(NN2C(=O)[C@@H]3C[C@@H]4C(=CC[C@@H]5C(=O)N(c6ccc(C)c(Cl)c6)C(=O)[C@@H]54)[C@H](c4ccccc4OCCO)[C@]3(c3ccccc3)C2=O)cc1. The fraction of sp³-hybridized carbons (Fsp3) is 0.286. The van der Waals surface area contributed by atoms with E-state index < -0.39 is 46.8 Å². The lowest BCUT2D eigenvalue weighted by Gasteiger charge is -2.50. The zero-order valence-electron chi connectivity index (χ0n) is 28.8. The van der Waals surface area contributed by atoms with Gasteiger partial charge in [-0.05, 0) is 74.1 Å². The van der Waals surface area contributed by atoms with Crippen molar-refractivity contribution in [1.82, 2.24) is 5.01 Å². The van der Waals surface area contributed by atoms with E-state index in [-0.39, 0.29) is 37.9 Å². The number of ether oxygens (including phenoxy) is 1. The molecule has 2 N–H and O–H groups in total. The fourth-order valence-corrected chi connectivity index (χ4v) is 9.25. The molecule has 9 nitrogen and oxygen atoms in total. The molecular formula is C42H38ClN3O6. The fourth-order valence-electron chi connectivity index (χ4n) is 9.07. The van der Waals surface area contributed by atoms with Crippen molar-refractivity contribution >= 4 is 46.6 Å². The van der Waals surface area contributed by atoms with Crippen molar-refractivity contribution < 1.29 is 29.0 Å². The summed E-state index contributed by atoms with van der Waals surface area (Å²) < 4.78 is 6.12. The number of imide groups is 2. The van der Waals surface area contributed by atoms with Gasteiger partial charge in [0.25, 0.3) is 11.8 Å². The number of hydrogen-bond donors (Lipinski definition) is 2. The Morgan fingerprint density at radius 1 is 0.865 bits per heavy atom. The van der Waals surface area contributed by atoms with Gasteiger partial charge in [0.05, 0.1) is 41.2 Å². The van der Waals surface area contributed by atoms with Gasteiger partial charge in [-0.25, -0.2) is 4.90 Å². The second-order valence-electron chi connectivity index (χ2n) is 14.1. The number of carbonyl (C=O) groups is 4. The maximum Gasteiger partial charge on any atom is 0.260 e. The quantitative estimate of drug-likeness (QED) is 0.158. The average molecular weight is 716 g/mol. The Bertz CT molecular complexity index is 2140. The Labute approximate surface area is 306 Å². The third-order valence-electron chi connectivity index (χ3n) is 11.4. The molecule has 264 valence electrons. The van der Waals surface area contributed by atoms with Crippen molar-refractivity contribution in [2.24, 2.45) is 23.7 Å². The number of benzene rings is 4. The molecule has 0 unspecified atom stereocenters. The molecule has 6 atom stereocenters. The van der Waals surface area contributed by atoms with Crippen molar-refractivity contribution in [3.8, 4) is 5.75 Å². The molecule has 2 aliphatic carbocycles. The highest BCUT2D eigenvalue weighted by Crippen LogP contribution is 2.65. The van der Waals surface area contributed by atoms with Gasteiger partial charge in [0.15, 0.2) is 0 Å². The Morgan fingerprint density at radius 2 is 1.60 bits per heavy atom. The smallest absolute Gasteiger partial charge is 0.260 e. The number of nitrogens with one attached hydrogen (secondary N) is 1. The third kappa shape index (κ3) is 5.09. The highest BCUT2D eigenvalue weighted by atomic mass is 35.5. The van der Waals surface area contributed by atoms with Crippen molar-refractivity contribution in [1.29, 1.82) is 0 Å². The van der Waals surface area contributed by atoms with Crippen LogP contribution in [0.1, 0.15) is 41.0 Å². The summed E-state index contributed by atoms with van der Waals surface area (Å²) in [4.78, 5) is 60.2. The number of amides is 4. The molecule has 2 heterocycles. The minimum absolute atomic E-state index is 0.0215. The number of fused-ring (bicyclic) bond motifs is 4. The van der Waals surface area contributed by atoms with Crippen LogP contribution in [-0.4, -0.2) is 47.0 Å². The first-order valence-electron chi connectivity index (χ1n) is 17.6. The number of nitrogens with zero attached hydrogens (tertiary/aromatic N) is 2. The van der Waals surface area contributed by atoms with E-state index in [9.17, 15) is 19.5 Å². The molecule has 0 radical (unpaired) electrons. The number of hydrazine groups is 1. The van der Waals surface area contributed by atoms with Crippen LogP contribution in [-0.2, 0) is 24.6 Å². The number of aryl methyl sites for hydroxylation is 2. The van der Waals surface area contributed by atoms with Gasteiger partial charge in [0.1, 0.15) is 12.4 Å². The standard InChI is InChI=1S/C42H38ClN3O6/c1-24-12-15-27(16-13-24)44-46-39(49)33-23-32-29(18-19-31-36(32)40(50)45(38(31)48)28-17-14-25(2)34(43)22-28)37(30-10-6-7-11-35(30)52-21-20-47)42(33,41(46)51)26-8-4-3-5-9-26/h3-18,22,31-33,36-37,44,47H,19-21,23H2,1-2H3/t31-,32+,33-,36-,37+,42+/m0/s1. The van der Waals surface area contributed by atoms with Gasteiger partial charge in [-0.1, -0.05) is 95.5 Å². The minimum atomic E-state index is -1.43. The van der Waals surface area contributed by atoms with Gasteiger partial charge in [-0.15, -0.1) is 0 Å². The summed E-state index contributed by atoms with van der Waals surface area (Å²) in [7, 11) is 0. The van der Waals surface area contributed by atoms with Crippen LogP contribution >= 0.6 is 11.6 Å². The Kier molecular flexibility index (Phi) is 8.51. The summed E-state index contributed by atoms with van der Waals surface area (Å²) in [6.45, 7) is 3.62. The molecule has 2 saturated heterocycles. The van der Waals surface area contributed by atoms with E-state index in [1.54, 1.807) is 24.3 Å². The molecule has 3 fully saturated rings. The number of anilines is 2. The van der Waals surface area contributed by atoms with E-state index >= 15 is 4.79 Å². The van der Waals surface area contributed by atoms with Gasteiger partial charge in [-0.3, -0.25) is 24.6 Å². The maximum absolute atomic E-state index is 15.4. The normalized spacial score (nSPS) is 26.5. The third-order valence-corrected chi connectivity index (χ3v) is 11.8. The first-order chi connectivity index (χ1) is 25.2. The highest BCUT2D eigenvalue weighted by Gasteiger charge is 2.70. The van der Waals surface area contributed by atoms with Gasteiger partial charge in [0, 0.05) is 16.5 Å². The summed E-state index contributed by atoms with van der Waals surface area (Å²) in [5.41, 5.74) is 6.70. The molecule has 52 heavy (non-hydrogen) atoms. The van der Waals surface area contributed by atoms with Crippen LogP contribution in [0.25, 0.3) is 0 Å². The van der Waals surface area contributed by atoms with Crippen LogP contribution in [0.3, 0.4) is 0 Å². The lowest BCUT2D eigenvalue weighted by Crippen LogP contribution is -2.53. The van der Waals surface area contributed by atoms with Gasteiger partial charge in [-0.2, -0.15) is 5.01 Å². The van der Waals surface area contributed by atoms with E-state index in [4.69, 9.17) is 16.3 Å². The van der Waals surface area contributed by atoms with Crippen molar-refractivity contribution in [3.05, 3.63) is 136 Å². The number of hydrogen-bond acceptors (Lipinski definition) is 7. The molecule has 10 heteroatoms. The molecule has 0 bridgehead atoms. The topological polar surface area (TPSA) is 116 Å². The van der Waals surface area contributed by atoms with Crippen molar-refractivity contribution in [2.75, 3.05) is 23.5 Å². The zero-order chi connectivity index (χ0) is 36.3. The first kappa shape index (κ1) is 33.9. The van der Waals surface area contributed by atoms with E-state index in [0.717, 1.165) is 21.7 Å². The van der Waals surface area contributed by atoms with E-state index in [1.165, 1.54) is 4.90 Å². The van der Waals surface area contributed by atoms with E-state index in [0.29, 0.717) is 33.3 Å². The first-order valence-corrected chi connectivity index (χ1v) is 18.0. The molecule has 4 aliphatic rings. The number of aliphatic hydroxyl groups excluding tert-OH is 1. The summed E-state index contributed by atoms with van der Waals surface area (Å²) in [5.74, 6) is -4.57. The molecule has 0 spiro atoms. The van der Waals surface area contributed by atoms with E-state index in [2.05, 4.69) is 5.43 Å². The van der Waals surface area contributed by atoms with Crippen molar-refractivity contribution in [2.45, 2.75) is 38.0 Å². The van der Waals surface area contributed by atoms with Crippen LogP contribution in [0.4, 0.5) is 11.4 Å². The highest BCUT2D eigenvalue weighted by molar-refractivity contribution is 6.32.